The van der Waals surface area contributed by atoms with Crippen LogP contribution in [0.3, 0.4) is 0 Å². The third-order valence-electron chi connectivity index (χ3n) is 3.66. The van der Waals surface area contributed by atoms with Crippen LogP contribution in [0.1, 0.15) is 37.5 Å². The number of hydrogen-bond donors (Lipinski definition) is 1. The SMILES string of the molecule is CCNCc1ccc(S(=O)(=O)N(C)C2CCCC2)s1. The highest BCUT2D eigenvalue weighted by atomic mass is 32.2. The summed E-state index contributed by atoms with van der Waals surface area (Å²) in [7, 11) is -1.59. The van der Waals surface area contributed by atoms with E-state index >= 15 is 0 Å². The quantitative estimate of drug-likeness (QED) is 0.878. The van der Waals surface area contributed by atoms with Crippen LogP contribution in [0, 0.1) is 0 Å². The van der Waals surface area contributed by atoms with Gasteiger partial charge >= 0.3 is 0 Å². The molecule has 0 saturated heterocycles. The second kappa shape index (κ2) is 6.35. The van der Waals surface area contributed by atoms with Crippen LogP contribution in [0.4, 0.5) is 0 Å². The molecule has 1 N–H and O–H groups in total. The molecule has 0 unspecified atom stereocenters. The summed E-state index contributed by atoms with van der Waals surface area (Å²) >= 11 is 1.37. The molecule has 1 aliphatic carbocycles. The number of sulfonamides is 1. The van der Waals surface area contributed by atoms with E-state index in [1.165, 1.54) is 11.3 Å². The first-order chi connectivity index (χ1) is 9.05. The van der Waals surface area contributed by atoms with Crippen LogP contribution in [-0.4, -0.2) is 32.4 Å². The summed E-state index contributed by atoms with van der Waals surface area (Å²) in [5, 5.41) is 3.22. The highest BCUT2D eigenvalue weighted by Gasteiger charge is 2.30. The van der Waals surface area contributed by atoms with Gasteiger partial charge in [-0.25, -0.2) is 8.42 Å². The maximum atomic E-state index is 12.5. The Morgan fingerprint density at radius 2 is 2.05 bits per heavy atom. The van der Waals surface area contributed by atoms with Crippen molar-refractivity contribution in [2.45, 2.75) is 49.4 Å². The van der Waals surface area contributed by atoms with Crippen molar-refractivity contribution in [3.8, 4) is 0 Å². The van der Waals surface area contributed by atoms with Crippen LogP contribution >= 0.6 is 11.3 Å². The van der Waals surface area contributed by atoms with Crippen LogP contribution in [0.2, 0.25) is 0 Å². The van der Waals surface area contributed by atoms with E-state index in [1.54, 1.807) is 17.4 Å². The molecule has 1 aromatic rings. The molecule has 0 aliphatic heterocycles. The van der Waals surface area contributed by atoms with E-state index in [0.717, 1.165) is 43.6 Å². The second-order valence-electron chi connectivity index (χ2n) is 4.96. The summed E-state index contributed by atoms with van der Waals surface area (Å²) < 4.78 is 27.1. The Kier molecular flexibility index (Phi) is 5.00. The zero-order chi connectivity index (χ0) is 13.9. The smallest absolute Gasteiger partial charge is 0.252 e. The van der Waals surface area contributed by atoms with Crippen LogP contribution in [0.5, 0.6) is 0 Å². The van der Waals surface area contributed by atoms with Crippen LogP contribution < -0.4 is 5.32 Å². The Labute approximate surface area is 119 Å². The summed E-state index contributed by atoms with van der Waals surface area (Å²) in [5.41, 5.74) is 0. The maximum absolute atomic E-state index is 12.5. The molecule has 0 amide bonds. The van der Waals surface area contributed by atoms with Gasteiger partial charge in [-0.3, -0.25) is 0 Å². The molecule has 108 valence electrons. The molecule has 1 fully saturated rings. The fourth-order valence-corrected chi connectivity index (χ4v) is 5.37. The maximum Gasteiger partial charge on any atom is 0.252 e. The summed E-state index contributed by atoms with van der Waals surface area (Å²) in [6, 6.07) is 3.82. The van der Waals surface area contributed by atoms with Crippen molar-refractivity contribution in [1.29, 1.82) is 0 Å². The molecule has 1 saturated carbocycles. The standard InChI is InChI=1S/C13H22N2O2S2/c1-3-14-10-12-8-9-13(18-12)19(16,17)15(2)11-6-4-5-7-11/h8-9,11,14H,3-7,10H2,1-2H3. The van der Waals surface area contributed by atoms with Gasteiger partial charge in [0, 0.05) is 24.5 Å². The van der Waals surface area contributed by atoms with Gasteiger partial charge in [-0.1, -0.05) is 19.8 Å². The average molecular weight is 302 g/mol. The molecule has 1 aromatic heterocycles. The molecule has 0 bridgehead atoms. The van der Waals surface area contributed by atoms with Crippen molar-refractivity contribution >= 4 is 21.4 Å². The van der Waals surface area contributed by atoms with Gasteiger partial charge in [0.2, 0.25) is 0 Å². The van der Waals surface area contributed by atoms with Gasteiger partial charge in [-0.15, -0.1) is 11.3 Å². The molecule has 1 aliphatic rings. The molecular weight excluding hydrogens is 280 g/mol. The molecular formula is C13H22N2O2S2. The summed E-state index contributed by atoms with van der Waals surface area (Å²) in [4.78, 5) is 1.07. The molecule has 19 heavy (non-hydrogen) atoms. The third kappa shape index (κ3) is 3.37. The lowest BCUT2D eigenvalue weighted by Crippen LogP contribution is -2.34. The van der Waals surface area contributed by atoms with E-state index in [-0.39, 0.29) is 6.04 Å². The van der Waals surface area contributed by atoms with E-state index in [4.69, 9.17) is 0 Å². The van der Waals surface area contributed by atoms with Gasteiger partial charge in [0.25, 0.3) is 10.0 Å². The first-order valence-corrected chi connectivity index (χ1v) is 9.09. The van der Waals surface area contributed by atoms with Gasteiger partial charge in [0.05, 0.1) is 0 Å². The van der Waals surface area contributed by atoms with Crippen LogP contribution in [0.25, 0.3) is 0 Å². The predicted molar refractivity (Wildman–Crippen MR) is 78.9 cm³/mol. The van der Waals surface area contributed by atoms with E-state index in [9.17, 15) is 8.42 Å². The minimum atomic E-state index is -3.30. The zero-order valence-corrected chi connectivity index (χ0v) is 13.2. The van der Waals surface area contributed by atoms with E-state index in [1.807, 2.05) is 13.0 Å². The minimum Gasteiger partial charge on any atom is -0.312 e. The predicted octanol–water partition coefficient (Wildman–Crippen LogP) is 2.42. The van der Waals surface area contributed by atoms with Crippen LogP contribution in [0.15, 0.2) is 16.3 Å². The topological polar surface area (TPSA) is 49.4 Å². The highest BCUT2D eigenvalue weighted by Crippen LogP contribution is 2.30. The summed E-state index contributed by atoms with van der Waals surface area (Å²) in [5.74, 6) is 0. The molecule has 4 nitrogen and oxygen atoms in total. The fourth-order valence-electron chi connectivity index (χ4n) is 2.45. The van der Waals surface area contributed by atoms with Crippen molar-refractivity contribution in [2.24, 2.45) is 0 Å². The van der Waals surface area contributed by atoms with Gasteiger partial charge in [0.1, 0.15) is 4.21 Å². The summed E-state index contributed by atoms with van der Waals surface area (Å²) in [6.45, 7) is 3.67. The Hall–Kier alpha value is -0.430. The summed E-state index contributed by atoms with van der Waals surface area (Å²) in [6.07, 6.45) is 4.26. The molecule has 0 atom stereocenters. The van der Waals surface area contributed by atoms with Crippen molar-refractivity contribution in [1.82, 2.24) is 9.62 Å². The molecule has 6 heteroatoms. The van der Waals surface area contributed by atoms with E-state index < -0.39 is 10.0 Å². The van der Waals surface area contributed by atoms with Crippen molar-refractivity contribution in [3.63, 3.8) is 0 Å². The van der Waals surface area contributed by atoms with E-state index in [2.05, 4.69) is 5.32 Å². The Morgan fingerprint density at radius 1 is 1.37 bits per heavy atom. The normalized spacial score (nSPS) is 17.4. The van der Waals surface area contributed by atoms with Crippen molar-refractivity contribution in [2.75, 3.05) is 13.6 Å². The van der Waals surface area contributed by atoms with Gasteiger partial charge < -0.3 is 5.32 Å². The monoisotopic (exact) mass is 302 g/mol. The largest absolute Gasteiger partial charge is 0.312 e. The first-order valence-electron chi connectivity index (χ1n) is 6.83. The lowest BCUT2D eigenvalue weighted by molar-refractivity contribution is 0.374. The number of nitrogens with zero attached hydrogens (tertiary/aromatic N) is 1. The third-order valence-corrected chi connectivity index (χ3v) is 7.12. The van der Waals surface area contributed by atoms with Crippen molar-refractivity contribution < 1.29 is 8.42 Å². The van der Waals surface area contributed by atoms with Gasteiger partial charge in [-0.05, 0) is 31.5 Å². The molecule has 0 aromatic carbocycles. The molecule has 1 heterocycles. The van der Waals surface area contributed by atoms with Crippen molar-refractivity contribution in [3.05, 3.63) is 17.0 Å². The number of thiophene rings is 1. The number of rotatable bonds is 6. The second-order valence-corrected chi connectivity index (χ2v) is 8.35. The minimum absolute atomic E-state index is 0.185. The van der Waals surface area contributed by atoms with E-state index in [0.29, 0.717) is 4.21 Å². The molecule has 0 radical (unpaired) electrons. The van der Waals surface area contributed by atoms with Gasteiger partial charge in [-0.2, -0.15) is 4.31 Å². The first kappa shape index (κ1) is 15.0. The Morgan fingerprint density at radius 3 is 2.68 bits per heavy atom. The Balaban J connectivity index is 2.12. The number of nitrogens with one attached hydrogen (secondary N) is 1. The molecule has 2 rings (SSSR count). The lowest BCUT2D eigenvalue weighted by Gasteiger charge is -2.22. The fraction of sp³-hybridized carbons (Fsp3) is 0.692. The Bertz CT molecular complexity index is 504. The molecule has 0 spiro atoms. The highest BCUT2D eigenvalue weighted by molar-refractivity contribution is 7.91. The number of hydrogen-bond acceptors (Lipinski definition) is 4. The zero-order valence-electron chi connectivity index (χ0n) is 11.6. The van der Waals surface area contributed by atoms with Gasteiger partial charge in [0.15, 0.2) is 0 Å². The average Bonchev–Trinajstić information content (AvgIpc) is 3.06. The van der Waals surface area contributed by atoms with Crippen LogP contribution in [-0.2, 0) is 16.6 Å². The lowest BCUT2D eigenvalue weighted by atomic mass is 10.3.